The maximum Gasteiger partial charge on any atom is 0.265 e. The first-order valence-electron chi connectivity index (χ1n) is 8.19. The van der Waals surface area contributed by atoms with Crippen molar-refractivity contribution < 1.29 is 9.21 Å². The number of carbonyl (C=O) groups is 1. The molecule has 4 aromatic rings. The molecular weight excluding hydrogens is 384 g/mol. The predicted octanol–water partition coefficient (Wildman–Crippen LogP) is 4.86. The minimum absolute atomic E-state index is 0.187. The molecule has 8 heteroatoms. The molecule has 0 fully saturated rings. The summed E-state index contributed by atoms with van der Waals surface area (Å²) in [6.45, 7) is 2.44. The van der Waals surface area contributed by atoms with Crippen LogP contribution in [0, 0.1) is 6.92 Å². The molecule has 0 aliphatic rings. The second-order valence-corrected chi connectivity index (χ2v) is 7.58. The molecule has 0 bridgehead atoms. The lowest BCUT2D eigenvalue weighted by Gasteiger charge is -2.04. The highest BCUT2D eigenvalue weighted by atomic mass is 35.5. The van der Waals surface area contributed by atoms with E-state index in [0.29, 0.717) is 27.3 Å². The SMILES string of the molecule is Cc1oc(-c2ccc(NC(=O)c3ccc(Cl)s3)cc2)nc1Cn1cccn1. The van der Waals surface area contributed by atoms with Crippen molar-refractivity contribution in [2.75, 3.05) is 5.32 Å². The molecule has 1 aromatic carbocycles. The molecule has 0 aliphatic carbocycles. The van der Waals surface area contributed by atoms with Gasteiger partial charge in [0, 0.05) is 23.6 Å². The number of rotatable bonds is 5. The lowest BCUT2D eigenvalue weighted by Crippen LogP contribution is -2.09. The molecule has 0 aliphatic heterocycles. The van der Waals surface area contributed by atoms with Crippen LogP contribution in [0.15, 0.2) is 59.3 Å². The number of anilines is 1. The Balaban J connectivity index is 1.48. The Bertz CT molecular complexity index is 1070. The normalized spacial score (nSPS) is 10.9. The molecule has 0 saturated heterocycles. The monoisotopic (exact) mass is 398 g/mol. The number of hydrogen-bond acceptors (Lipinski definition) is 5. The summed E-state index contributed by atoms with van der Waals surface area (Å²) in [5.41, 5.74) is 2.36. The van der Waals surface area contributed by atoms with E-state index < -0.39 is 0 Å². The maximum atomic E-state index is 12.2. The standard InChI is InChI=1S/C19H15ClN4O2S/c1-12-15(11-24-10-2-9-21-24)23-19(26-12)13-3-5-14(6-4-13)22-18(25)16-7-8-17(20)27-16/h2-10H,11H2,1H3,(H,22,25). The first-order chi connectivity index (χ1) is 13.1. The van der Waals surface area contributed by atoms with E-state index in [4.69, 9.17) is 16.0 Å². The predicted molar refractivity (Wildman–Crippen MR) is 105 cm³/mol. The molecule has 0 unspecified atom stereocenters. The Labute approximate surface area is 164 Å². The van der Waals surface area contributed by atoms with Gasteiger partial charge in [0.1, 0.15) is 11.5 Å². The van der Waals surface area contributed by atoms with Gasteiger partial charge in [-0.25, -0.2) is 4.98 Å². The second-order valence-electron chi connectivity index (χ2n) is 5.86. The molecule has 1 amide bonds. The zero-order chi connectivity index (χ0) is 18.8. The number of halogens is 1. The Morgan fingerprint density at radius 2 is 2.07 bits per heavy atom. The maximum absolute atomic E-state index is 12.2. The molecular formula is C19H15ClN4O2S. The highest BCUT2D eigenvalue weighted by Crippen LogP contribution is 2.25. The van der Waals surface area contributed by atoms with Gasteiger partial charge in [0.05, 0.1) is 15.8 Å². The Morgan fingerprint density at radius 3 is 2.74 bits per heavy atom. The van der Waals surface area contributed by atoms with Gasteiger partial charge in [-0.3, -0.25) is 9.48 Å². The molecule has 1 N–H and O–H groups in total. The summed E-state index contributed by atoms with van der Waals surface area (Å²) in [5.74, 6) is 1.11. The smallest absolute Gasteiger partial charge is 0.265 e. The van der Waals surface area contributed by atoms with Crippen LogP contribution in [0.4, 0.5) is 5.69 Å². The van der Waals surface area contributed by atoms with Crippen molar-refractivity contribution in [3.63, 3.8) is 0 Å². The highest BCUT2D eigenvalue weighted by Gasteiger charge is 2.13. The first kappa shape index (κ1) is 17.5. The largest absolute Gasteiger partial charge is 0.441 e. The van der Waals surface area contributed by atoms with Crippen LogP contribution < -0.4 is 5.32 Å². The van der Waals surface area contributed by atoms with Crippen molar-refractivity contribution in [2.45, 2.75) is 13.5 Å². The first-order valence-corrected chi connectivity index (χ1v) is 9.39. The van der Waals surface area contributed by atoms with Gasteiger partial charge in [-0.1, -0.05) is 11.6 Å². The number of nitrogens with zero attached hydrogens (tertiary/aromatic N) is 3. The number of amides is 1. The van der Waals surface area contributed by atoms with E-state index in [1.807, 2.05) is 43.5 Å². The van der Waals surface area contributed by atoms with Crippen LogP contribution in [0.3, 0.4) is 0 Å². The van der Waals surface area contributed by atoms with Gasteiger partial charge >= 0.3 is 0 Å². The number of benzene rings is 1. The van der Waals surface area contributed by atoms with Gasteiger partial charge in [-0.2, -0.15) is 5.10 Å². The van der Waals surface area contributed by atoms with Gasteiger partial charge < -0.3 is 9.73 Å². The molecule has 136 valence electrons. The van der Waals surface area contributed by atoms with E-state index in [1.165, 1.54) is 11.3 Å². The zero-order valence-electron chi connectivity index (χ0n) is 14.3. The molecule has 0 radical (unpaired) electrons. The minimum atomic E-state index is -0.187. The minimum Gasteiger partial charge on any atom is -0.441 e. The zero-order valence-corrected chi connectivity index (χ0v) is 15.9. The number of hydrogen-bond donors (Lipinski definition) is 1. The van der Waals surface area contributed by atoms with Gasteiger partial charge in [0.2, 0.25) is 5.89 Å². The van der Waals surface area contributed by atoms with Gasteiger partial charge in [0.25, 0.3) is 5.91 Å². The van der Waals surface area contributed by atoms with E-state index >= 15 is 0 Å². The quantitative estimate of drug-likeness (QED) is 0.521. The summed E-state index contributed by atoms with van der Waals surface area (Å²) in [6, 6.07) is 12.6. The van der Waals surface area contributed by atoms with Crippen molar-refractivity contribution in [2.24, 2.45) is 0 Å². The summed E-state index contributed by atoms with van der Waals surface area (Å²) in [4.78, 5) is 17.3. The van der Waals surface area contributed by atoms with Crippen molar-refractivity contribution >= 4 is 34.5 Å². The average Bonchev–Trinajstić information content (AvgIpc) is 3.39. The Hall–Kier alpha value is -2.90. The highest BCUT2D eigenvalue weighted by molar-refractivity contribution is 7.18. The van der Waals surface area contributed by atoms with Crippen LogP contribution in [-0.2, 0) is 6.54 Å². The molecule has 0 saturated carbocycles. The second kappa shape index (κ2) is 7.38. The van der Waals surface area contributed by atoms with E-state index in [0.717, 1.165) is 17.0 Å². The summed E-state index contributed by atoms with van der Waals surface area (Å²) < 4.78 is 8.17. The van der Waals surface area contributed by atoms with Crippen LogP contribution in [0.1, 0.15) is 21.1 Å². The molecule has 3 aromatic heterocycles. The van der Waals surface area contributed by atoms with E-state index in [2.05, 4.69) is 15.4 Å². The van der Waals surface area contributed by atoms with E-state index in [9.17, 15) is 4.79 Å². The van der Waals surface area contributed by atoms with Gasteiger partial charge in [-0.15, -0.1) is 11.3 Å². The molecule has 0 spiro atoms. The summed E-state index contributed by atoms with van der Waals surface area (Å²) in [7, 11) is 0. The van der Waals surface area contributed by atoms with Crippen molar-refractivity contribution in [1.82, 2.24) is 14.8 Å². The lowest BCUT2D eigenvalue weighted by molar-refractivity contribution is 0.103. The third kappa shape index (κ3) is 3.94. The van der Waals surface area contributed by atoms with Crippen LogP contribution in [0.5, 0.6) is 0 Å². The van der Waals surface area contributed by atoms with E-state index in [1.54, 1.807) is 23.0 Å². The fourth-order valence-electron chi connectivity index (χ4n) is 2.57. The number of aryl methyl sites for hydroxylation is 1. The van der Waals surface area contributed by atoms with Gasteiger partial charge in [-0.05, 0) is 49.4 Å². The number of carbonyl (C=O) groups excluding carboxylic acids is 1. The van der Waals surface area contributed by atoms with Crippen molar-refractivity contribution in [3.8, 4) is 11.5 Å². The summed E-state index contributed by atoms with van der Waals surface area (Å²) in [6.07, 6.45) is 3.61. The van der Waals surface area contributed by atoms with Crippen LogP contribution in [0.2, 0.25) is 4.34 Å². The molecule has 4 rings (SSSR count). The lowest BCUT2D eigenvalue weighted by atomic mass is 10.2. The third-order valence-electron chi connectivity index (χ3n) is 3.95. The van der Waals surface area contributed by atoms with Crippen molar-refractivity contribution in [3.05, 3.63) is 75.5 Å². The number of oxazole rings is 1. The number of aromatic nitrogens is 3. The van der Waals surface area contributed by atoms with Crippen molar-refractivity contribution in [1.29, 1.82) is 0 Å². The van der Waals surface area contributed by atoms with Gasteiger partial charge in [0.15, 0.2) is 0 Å². The van der Waals surface area contributed by atoms with E-state index in [-0.39, 0.29) is 5.91 Å². The molecule has 3 heterocycles. The number of thiophene rings is 1. The molecule has 0 atom stereocenters. The Morgan fingerprint density at radius 1 is 1.26 bits per heavy atom. The average molecular weight is 399 g/mol. The fourth-order valence-corrected chi connectivity index (χ4v) is 3.51. The van der Waals surface area contributed by atoms with Crippen LogP contribution >= 0.6 is 22.9 Å². The third-order valence-corrected chi connectivity index (χ3v) is 5.18. The summed E-state index contributed by atoms with van der Waals surface area (Å²) in [5, 5.41) is 7.03. The molecule has 27 heavy (non-hydrogen) atoms. The summed E-state index contributed by atoms with van der Waals surface area (Å²) >= 11 is 7.11. The Kier molecular flexibility index (Phi) is 4.79. The van der Waals surface area contributed by atoms with Crippen LogP contribution in [0.25, 0.3) is 11.5 Å². The fraction of sp³-hybridized carbons (Fsp3) is 0.105. The number of nitrogens with one attached hydrogen (secondary N) is 1. The topological polar surface area (TPSA) is 73.0 Å². The van der Waals surface area contributed by atoms with Crippen LogP contribution in [-0.4, -0.2) is 20.7 Å². The molecule has 6 nitrogen and oxygen atoms in total.